The summed E-state index contributed by atoms with van der Waals surface area (Å²) in [6, 6.07) is 20.8. The summed E-state index contributed by atoms with van der Waals surface area (Å²) in [6.07, 6.45) is 0.515. The van der Waals surface area contributed by atoms with Crippen LogP contribution in [0.25, 0.3) is 16.6 Å². The Hall–Kier alpha value is -3.20. The van der Waals surface area contributed by atoms with Crippen molar-refractivity contribution >= 4 is 50.2 Å². The second-order valence-corrected chi connectivity index (χ2v) is 9.51. The van der Waals surface area contributed by atoms with Crippen LogP contribution in [0.2, 0.25) is 5.02 Å². The molecule has 0 saturated heterocycles. The molecule has 0 fully saturated rings. The Bertz CT molecular complexity index is 1440. The molecule has 0 bridgehead atoms. The lowest BCUT2D eigenvalue weighted by molar-refractivity contribution is 0.131. The van der Waals surface area contributed by atoms with Gasteiger partial charge in [0.05, 0.1) is 29.2 Å². The number of nitrogens with one attached hydrogen (secondary N) is 1. The number of para-hydroxylation sites is 1. The van der Waals surface area contributed by atoms with Gasteiger partial charge in [-0.25, -0.2) is 9.78 Å². The van der Waals surface area contributed by atoms with Crippen LogP contribution in [0.1, 0.15) is 25.2 Å². The lowest BCUT2D eigenvalue weighted by Gasteiger charge is -2.32. The molecule has 1 N–H and O–H groups in total. The fraction of sp³-hybridized carbons (Fsp3) is 0.222. The van der Waals surface area contributed by atoms with Crippen molar-refractivity contribution in [2.24, 2.45) is 0 Å². The first kappa shape index (κ1) is 25.9. The van der Waals surface area contributed by atoms with Crippen LogP contribution < -0.4 is 10.9 Å². The molecule has 1 heterocycles. The minimum absolute atomic E-state index is 0.226. The molecule has 1 atom stereocenters. The van der Waals surface area contributed by atoms with Crippen LogP contribution in [-0.4, -0.2) is 40.7 Å². The van der Waals surface area contributed by atoms with E-state index in [1.165, 1.54) is 0 Å². The first-order valence-corrected chi connectivity index (χ1v) is 12.7. The average molecular weight is 570 g/mol. The standard InChI is InChI=1S/C27H26BrClN4O3/c1-3-24(32(14-15-36-2)27(35)30-20-10-6-8-18(28)16-20)25-31-23-13-5-4-12-22(23)26(34)33(25)21-11-7-9-19(29)17-21/h4-13,16-17,24H,3,14-15H2,1-2H3,(H,30,35). The summed E-state index contributed by atoms with van der Waals surface area (Å²) in [6.45, 7) is 2.57. The molecule has 0 radical (unpaired) electrons. The molecule has 0 saturated carbocycles. The first-order chi connectivity index (χ1) is 17.4. The number of nitrogens with zero attached hydrogens (tertiary/aromatic N) is 3. The van der Waals surface area contributed by atoms with Gasteiger partial charge in [-0.05, 0) is 55.0 Å². The van der Waals surface area contributed by atoms with Crippen molar-refractivity contribution in [3.63, 3.8) is 0 Å². The van der Waals surface area contributed by atoms with Crippen molar-refractivity contribution < 1.29 is 9.53 Å². The Morgan fingerprint density at radius 2 is 1.92 bits per heavy atom. The van der Waals surface area contributed by atoms with Crippen molar-refractivity contribution in [3.8, 4) is 5.69 Å². The number of anilines is 1. The van der Waals surface area contributed by atoms with Gasteiger partial charge in [0.2, 0.25) is 0 Å². The molecule has 4 aromatic rings. The number of ether oxygens (including phenoxy) is 1. The van der Waals surface area contributed by atoms with E-state index in [4.69, 9.17) is 21.3 Å². The van der Waals surface area contributed by atoms with Crippen LogP contribution in [0.15, 0.2) is 82.1 Å². The summed E-state index contributed by atoms with van der Waals surface area (Å²) >= 11 is 9.72. The number of hydrogen-bond acceptors (Lipinski definition) is 4. The van der Waals surface area contributed by atoms with E-state index < -0.39 is 6.04 Å². The first-order valence-electron chi connectivity index (χ1n) is 11.5. The molecule has 36 heavy (non-hydrogen) atoms. The van der Waals surface area contributed by atoms with Gasteiger partial charge in [0.15, 0.2) is 0 Å². The van der Waals surface area contributed by atoms with Crippen LogP contribution in [-0.2, 0) is 4.74 Å². The number of amides is 2. The summed E-state index contributed by atoms with van der Waals surface area (Å²) in [5, 5.41) is 3.94. The molecule has 2 amide bonds. The highest BCUT2D eigenvalue weighted by Gasteiger charge is 2.29. The van der Waals surface area contributed by atoms with Crippen LogP contribution >= 0.6 is 27.5 Å². The van der Waals surface area contributed by atoms with E-state index in [1.54, 1.807) is 59.0 Å². The highest BCUT2D eigenvalue weighted by Crippen LogP contribution is 2.28. The van der Waals surface area contributed by atoms with E-state index in [1.807, 2.05) is 37.3 Å². The van der Waals surface area contributed by atoms with Crippen LogP contribution in [0, 0.1) is 0 Å². The monoisotopic (exact) mass is 568 g/mol. The maximum atomic E-state index is 13.7. The predicted octanol–water partition coefficient (Wildman–Crippen LogP) is 6.43. The summed E-state index contributed by atoms with van der Waals surface area (Å²) in [5.41, 5.74) is 1.56. The van der Waals surface area contributed by atoms with Gasteiger partial charge < -0.3 is 15.0 Å². The number of halogens is 2. The number of rotatable bonds is 8. The van der Waals surface area contributed by atoms with Gasteiger partial charge >= 0.3 is 6.03 Å². The van der Waals surface area contributed by atoms with Crippen molar-refractivity contribution in [3.05, 3.63) is 98.5 Å². The zero-order valence-corrected chi connectivity index (χ0v) is 22.3. The van der Waals surface area contributed by atoms with Crippen molar-refractivity contribution in [1.82, 2.24) is 14.5 Å². The fourth-order valence-corrected chi connectivity index (χ4v) is 4.71. The van der Waals surface area contributed by atoms with Crippen molar-refractivity contribution in [2.45, 2.75) is 19.4 Å². The van der Waals surface area contributed by atoms with Crippen LogP contribution in [0.3, 0.4) is 0 Å². The molecule has 4 rings (SSSR count). The maximum Gasteiger partial charge on any atom is 0.322 e. The largest absolute Gasteiger partial charge is 0.383 e. The van der Waals surface area contributed by atoms with Gasteiger partial charge in [-0.3, -0.25) is 9.36 Å². The average Bonchev–Trinajstić information content (AvgIpc) is 2.86. The molecule has 7 nitrogen and oxygen atoms in total. The third kappa shape index (κ3) is 5.61. The van der Waals surface area contributed by atoms with Gasteiger partial charge in [-0.2, -0.15) is 0 Å². The molecule has 1 aromatic heterocycles. The third-order valence-electron chi connectivity index (χ3n) is 5.80. The normalized spacial score (nSPS) is 11.9. The summed E-state index contributed by atoms with van der Waals surface area (Å²) in [5.74, 6) is 0.448. The molecule has 0 aliphatic rings. The topological polar surface area (TPSA) is 76.5 Å². The second kappa shape index (κ2) is 11.7. The molecular weight excluding hydrogens is 544 g/mol. The Kier molecular flexibility index (Phi) is 8.40. The van der Waals surface area contributed by atoms with E-state index in [2.05, 4.69) is 21.2 Å². The molecule has 0 aliphatic heterocycles. The Morgan fingerprint density at radius 3 is 2.64 bits per heavy atom. The number of carbonyl (C=O) groups is 1. The summed E-state index contributed by atoms with van der Waals surface area (Å²) in [7, 11) is 1.58. The van der Waals surface area contributed by atoms with Gasteiger partial charge in [-0.15, -0.1) is 0 Å². The summed E-state index contributed by atoms with van der Waals surface area (Å²) in [4.78, 5) is 33.9. The number of benzene rings is 3. The molecule has 1 unspecified atom stereocenters. The van der Waals surface area contributed by atoms with Gasteiger partial charge in [-0.1, -0.05) is 58.7 Å². The number of fused-ring (bicyclic) bond motifs is 1. The van der Waals surface area contributed by atoms with Gasteiger partial charge in [0, 0.05) is 28.8 Å². The predicted molar refractivity (Wildman–Crippen MR) is 147 cm³/mol. The highest BCUT2D eigenvalue weighted by atomic mass is 79.9. The lowest BCUT2D eigenvalue weighted by Crippen LogP contribution is -2.42. The number of carbonyl (C=O) groups excluding carboxylic acids is 1. The van der Waals surface area contributed by atoms with Crippen LogP contribution in [0.5, 0.6) is 0 Å². The van der Waals surface area contributed by atoms with E-state index in [0.717, 1.165) is 4.47 Å². The van der Waals surface area contributed by atoms with Crippen molar-refractivity contribution in [1.29, 1.82) is 0 Å². The number of urea groups is 1. The maximum absolute atomic E-state index is 13.7. The van der Waals surface area contributed by atoms with Crippen LogP contribution in [0.4, 0.5) is 10.5 Å². The molecule has 0 aliphatic carbocycles. The molecular formula is C27H26BrClN4O3. The smallest absolute Gasteiger partial charge is 0.322 e. The zero-order chi connectivity index (χ0) is 25.7. The van der Waals surface area contributed by atoms with Gasteiger partial charge in [0.25, 0.3) is 5.56 Å². The minimum atomic E-state index is -0.524. The molecule has 186 valence electrons. The fourth-order valence-electron chi connectivity index (χ4n) is 4.13. The molecule has 9 heteroatoms. The van der Waals surface area contributed by atoms with E-state index in [-0.39, 0.29) is 11.6 Å². The third-order valence-corrected chi connectivity index (χ3v) is 6.53. The number of aromatic nitrogens is 2. The van der Waals surface area contributed by atoms with Crippen molar-refractivity contribution in [2.75, 3.05) is 25.6 Å². The molecule has 3 aromatic carbocycles. The molecule has 0 spiro atoms. The Labute approximate surface area is 222 Å². The van der Waals surface area contributed by atoms with E-state index >= 15 is 0 Å². The van der Waals surface area contributed by atoms with E-state index in [9.17, 15) is 9.59 Å². The number of methoxy groups -OCH3 is 1. The van der Waals surface area contributed by atoms with E-state index in [0.29, 0.717) is 52.7 Å². The SMILES string of the molecule is CCC(c1nc2ccccc2c(=O)n1-c1cccc(Cl)c1)N(CCOC)C(=O)Nc1cccc(Br)c1. The highest BCUT2D eigenvalue weighted by molar-refractivity contribution is 9.10. The minimum Gasteiger partial charge on any atom is -0.383 e. The lowest BCUT2D eigenvalue weighted by atomic mass is 10.1. The zero-order valence-electron chi connectivity index (χ0n) is 19.9. The quantitative estimate of drug-likeness (QED) is 0.265. The second-order valence-electron chi connectivity index (χ2n) is 8.16. The summed E-state index contributed by atoms with van der Waals surface area (Å²) < 4.78 is 7.71. The Morgan fingerprint density at radius 1 is 1.14 bits per heavy atom. The van der Waals surface area contributed by atoms with Gasteiger partial charge in [0.1, 0.15) is 5.82 Å². The Balaban J connectivity index is 1.87. The number of hydrogen-bond donors (Lipinski definition) is 1.